The molecule has 2 aromatic rings. The van der Waals surface area contributed by atoms with E-state index in [4.69, 9.17) is 25.8 Å². The number of nitrogens with zero attached hydrogens (tertiary/aromatic N) is 1. The average Bonchev–Trinajstić information content (AvgIpc) is 2.70. The molecule has 0 aromatic heterocycles. The van der Waals surface area contributed by atoms with Crippen molar-refractivity contribution in [3.63, 3.8) is 0 Å². The fraction of sp³-hybridized carbons (Fsp3) is 0.273. The van der Waals surface area contributed by atoms with Crippen LogP contribution < -0.4 is 9.47 Å². The van der Waals surface area contributed by atoms with Gasteiger partial charge in [-0.05, 0) is 30.7 Å². The van der Waals surface area contributed by atoms with Crippen molar-refractivity contribution in [3.05, 3.63) is 64.7 Å². The van der Waals surface area contributed by atoms with Crippen LogP contribution in [-0.4, -0.2) is 44.6 Å². The molecule has 0 saturated heterocycles. The highest BCUT2D eigenvalue weighted by Crippen LogP contribution is 2.36. The Kier molecular flexibility index (Phi) is 8.09. The third-order valence-corrected chi connectivity index (χ3v) is 4.23. The first-order valence-electron chi connectivity index (χ1n) is 9.02. The lowest BCUT2D eigenvalue weighted by Gasteiger charge is -2.20. The summed E-state index contributed by atoms with van der Waals surface area (Å²) in [6.45, 7) is 2.28. The van der Waals surface area contributed by atoms with Gasteiger partial charge in [-0.15, -0.1) is 0 Å². The summed E-state index contributed by atoms with van der Waals surface area (Å²) in [5, 5.41) is 0.358. The fourth-order valence-corrected chi connectivity index (χ4v) is 2.88. The zero-order chi connectivity index (χ0) is 21.4. The Hall–Kier alpha value is -2.99. The normalized spacial score (nSPS) is 11.8. The van der Waals surface area contributed by atoms with Crippen LogP contribution in [0.3, 0.4) is 0 Å². The number of ether oxygens (including phenoxy) is 3. The van der Waals surface area contributed by atoms with Crippen LogP contribution in [0, 0.1) is 0 Å². The van der Waals surface area contributed by atoms with Crippen molar-refractivity contribution in [1.82, 2.24) is 4.90 Å². The number of carbonyl (C=O) groups is 2. The Morgan fingerprint density at radius 3 is 2.45 bits per heavy atom. The van der Waals surface area contributed by atoms with Gasteiger partial charge in [-0.25, -0.2) is 4.79 Å². The Morgan fingerprint density at radius 2 is 1.86 bits per heavy atom. The molecule has 0 saturated carbocycles. The number of methoxy groups -OCH3 is 1. The SMILES string of the molecule is CCOc1cc(/C=C/C(=O)O[C@H](C(=O)N(C)C)c2ccccc2)cc(Cl)c1OC. The molecule has 0 fully saturated rings. The molecule has 2 rings (SSSR count). The van der Waals surface area contributed by atoms with Crippen LogP contribution in [0.5, 0.6) is 11.5 Å². The standard InChI is InChI=1S/C22H24ClNO5/c1-5-28-18-14-15(13-17(23)21(18)27-4)11-12-19(25)29-20(22(26)24(2)3)16-9-7-6-8-10-16/h6-14,20H,5H2,1-4H3/b12-11+/t20-/m0/s1. The maximum Gasteiger partial charge on any atom is 0.331 e. The van der Waals surface area contributed by atoms with Crippen LogP contribution in [0.2, 0.25) is 5.02 Å². The molecule has 0 N–H and O–H groups in total. The third-order valence-electron chi connectivity index (χ3n) is 3.95. The number of hydrogen-bond donors (Lipinski definition) is 0. The molecule has 154 valence electrons. The van der Waals surface area contributed by atoms with Gasteiger partial charge in [0.2, 0.25) is 6.10 Å². The summed E-state index contributed by atoms with van der Waals surface area (Å²) >= 11 is 6.22. The van der Waals surface area contributed by atoms with Gasteiger partial charge in [0, 0.05) is 25.7 Å². The molecular formula is C22H24ClNO5. The number of likely N-dealkylation sites (N-methyl/N-ethyl adjacent to an activating group) is 1. The van der Waals surface area contributed by atoms with Crippen LogP contribution >= 0.6 is 11.6 Å². The van der Waals surface area contributed by atoms with Gasteiger partial charge in [-0.2, -0.15) is 0 Å². The van der Waals surface area contributed by atoms with Gasteiger partial charge in [0.15, 0.2) is 11.5 Å². The second-order valence-corrected chi connectivity index (χ2v) is 6.67. The molecule has 0 aliphatic rings. The average molecular weight is 418 g/mol. The lowest BCUT2D eigenvalue weighted by molar-refractivity contribution is -0.155. The van der Waals surface area contributed by atoms with Crippen LogP contribution in [-0.2, 0) is 14.3 Å². The number of carbonyl (C=O) groups excluding carboxylic acids is 2. The number of rotatable bonds is 8. The van der Waals surface area contributed by atoms with E-state index in [0.717, 1.165) is 0 Å². The molecule has 1 atom stereocenters. The molecule has 0 spiro atoms. The van der Waals surface area contributed by atoms with Crippen molar-refractivity contribution >= 4 is 29.6 Å². The van der Waals surface area contributed by atoms with Crippen molar-refractivity contribution in [2.45, 2.75) is 13.0 Å². The van der Waals surface area contributed by atoms with E-state index in [2.05, 4.69) is 0 Å². The van der Waals surface area contributed by atoms with Crippen molar-refractivity contribution in [2.75, 3.05) is 27.8 Å². The van der Waals surface area contributed by atoms with Crippen molar-refractivity contribution in [3.8, 4) is 11.5 Å². The fourth-order valence-electron chi connectivity index (χ4n) is 2.59. The minimum atomic E-state index is -1.03. The highest BCUT2D eigenvalue weighted by atomic mass is 35.5. The van der Waals surface area contributed by atoms with Crippen LogP contribution in [0.15, 0.2) is 48.5 Å². The monoisotopic (exact) mass is 417 g/mol. The maximum atomic E-state index is 12.5. The van der Waals surface area contributed by atoms with Crippen LogP contribution in [0.25, 0.3) is 6.08 Å². The van der Waals surface area contributed by atoms with Gasteiger partial charge in [0.1, 0.15) is 0 Å². The highest BCUT2D eigenvalue weighted by molar-refractivity contribution is 6.32. The first kappa shape index (κ1) is 22.3. The summed E-state index contributed by atoms with van der Waals surface area (Å²) in [6.07, 6.45) is 1.76. The van der Waals surface area contributed by atoms with Gasteiger partial charge in [-0.1, -0.05) is 41.9 Å². The van der Waals surface area contributed by atoms with Crippen LogP contribution in [0.1, 0.15) is 24.2 Å². The summed E-state index contributed by atoms with van der Waals surface area (Å²) in [7, 11) is 4.72. The molecule has 1 amide bonds. The van der Waals surface area contributed by atoms with Gasteiger partial charge in [0.25, 0.3) is 5.91 Å². The third kappa shape index (κ3) is 5.99. The number of benzene rings is 2. The molecular weight excluding hydrogens is 394 g/mol. The summed E-state index contributed by atoms with van der Waals surface area (Å²) in [6, 6.07) is 12.2. The van der Waals surface area contributed by atoms with Crippen LogP contribution in [0.4, 0.5) is 0 Å². The van der Waals surface area contributed by atoms with E-state index in [1.54, 1.807) is 56.6 Å². The van der Waals surface area contributed by atoms with Crippen molar-refractivity contribution < 1.29 is 23.8 Å². The molecule has 0 unspecified atom stereocenters. The van der Waals surface area contributed by atoms with Gasteiger partial charge < -0.3 is 19.1 Å². The Morgan fingerprint density at radius 1 is 1.17 bits per heavy atom. The largest absolute Gasteiger partial charge is 0.491 e. The van der Waals surface area contributed by atoms with Gasteiger partial charge in [-0.3, -0.25) is 4.79 Å². The molecule has 2 aromatic carbocycles. The molecule has 0 radical (unpaired) electrons. The highest BCUT2D eigenvalue weighted by Gasteiger charge is 2.25. The quantitative estimate of drug-likeness (QED) is 0.477. The summed E-state index contributed by atoms with van der Waals surface area (Å²) in [4.78, 5) is 26.2. The summed E-state index contributed by atoms with van der Waals surface area (Å²) < 4.78 is 16.2. The minimum absolute atomic E-state index is 0.330. The van der Waals surface area contributed by atoms with E-state index < -0.39 is 12.1 Å². The molecule has 6 nitrogen and oxygen atoms in total. The van der Waals surface area contributed by atoms with E-state index in [1.807, 2.05) is 13.0 Å². The summed E-state index contributed by atoms with van der Waals surface area (Å²) in [5.41, 5.74) is 1.23. The molecule has 0 aliphatic carbocycles. The van der Waals surface area contributed by atoms with E-state index in [1.165, 1.54) is 18.1 Å². The van der Waals surface area contributed by atoms with Crippen molar-refractivity contribution in [2.24, 2.45) is 0 Å². The van der Waals surface area contributed by atoms with E-state index >= 15 is 0 Å². The molecule has 0 heterocycles. The molecule has 29 heavy (non-hydrogen) atoms. The van der Waals surface area contributed by atoms with E-state index in [0.29, 0.717) is 34.3 Å². The minimum Gasteiger partial charge on any atom is -0.491 e. The Bertz CT molecular complexity index is 880. The first-order chi connectivity index (χ1) is 13.9. The lowest BCUT2D eigenvalue weighted by Crippen LogP contribution is -2.30. The zero-order valence-electron chi connectivity index (χ0n) is 16.8. The molecule has 7 heteroatoms. The van der Waals surface area contributed by atoms with Gasteiger partial charge in [0.05, 0.1) is 18.7 Å². The smallest absolute Gasteiger partial charge is 0.331 e. The topological polar surface area (TPSA) is 65.1 Å². The Balaban J connectivity index is 2.21. The predicted octanol–water partition coefficient (Wildman–Crippen LogP) is 4.13. The van der Waals surface area contributed by atoms with E-state index in [9.17, 15) is 9.59 Å². The number of hydrogen-bond acceptors (Lipinski definition) is 5. The summed E-state index contributed by atoms with van der Waals surface area (Å²) in [5.74, 6) is -0.0857. The number of esters is 1. The predicted molar refractivity (Wildman–Crippen MR) is 112 cm³/mol. The first-order valence-corrected chi connectivity index (χ1v) is 9.40. The number of amides is 1. The van der Waals surface area contributed by atoms with Gasteiger partial charge >= 0.3 is 5.97 Å². The lowest BCUT2D eigenvalue weighted by atomic mass is 10.1. The zero-order valence-corrected chi connectivity index (χ0v) is 17.6. The van der Waals surface area contributed by atoms with Crippen molar-refractivity contribution in [1.29, 1.82) is 0 Å². The Labute approximate surface area is 175 Å². The van der Waals surface area contributed by atoms with E-state index in [-0.39, 0.29) is 5.91 Å². The maximum absolute atomic E-state index is 12.5. The second-order valence-electron chi connectivity index (χ2n) is 6.26. The number of halogens is 1. The molecule has 0 bridgehead atoms. The second kappa shape index (κ2) is 10.5. The molecule has 0 aliphatic heterocycles.